The summed E-state index contributed by atoms with van der Waals surface area (Å²) in [5, 5.41) is 12.5. The van der Waals surface area contributed by atoms with Gasteiger partial charge in [0.15, 0.2) is 0 Å². The number of nitrogens with one attached hydrogen (secondary N) is 1. The predicted molar refractivity (Wildman–Crippen MR) is 89.7 cm³/mol. The zero-order valence-corrected chi connectivity index (χ0v) is 14.0. The second-order valence-electron chi connectivity index (χ2n) is 6.33. The van der Waals surface area contributed by atoms with E-state index in [-0.39, 0.29) is 13.1 Å². The molecule has 4 nitrogen and oxygen atoms in total. The number of carbonyl (C=O) groups excluding carboxylic acids is 1. The molecule has 0 fully saturated rings. The Labute approximate surface area is 149 Å². The highest BCUT2D eigenvalue weighted by atomic mass is 19.4. The van der Waals surface area contributed by atoms with E-state index < -0.39 is 18.2 Å². The van der Waals surface area contributed by atoms with Crippen LogP contribution in [0, 0.1) is 0 Å². The van der Waals surface area contributed by atoms with Crippen LogP contribution in [0.5, 0.6) is 0 Å². The number of alkyl halides is 3. The Morgan fingerprint density at radius 2 is 1.69 bits per heavy atom. The lowest BCUT2D eigenvalue weighted by Crippen LogP contribution is -2.44. The van der Waals surface area contributed by atoms with E-state index >= 15 is 0 Å². The molecule has 1 aliphatic rings. The van der Waals surface area contributed by atoms with Gasteiger partial charge in [0.25, 0.3) is 5.91 Å². The van der Waals surface area contributed by atoms with Gasteiger partial charge in [0, 0.05) is 26.2 Å². The number of hydrogen-bond acceptors (Lipinski definition) is 3. The van der Waals surface area contributed by atoms with E-state index in [2.05, 4.69) is 5.32 Å². The van der Waals surface area contributed by atoms with E-state index in [1.165, 1.54) is 0 Å². The number of carbonyl (C=O) groups is 1. The molecule has 1 aliphatic heterocycles. The van der Waals surface area contributed by atoms with Crippen molar-refractivity contribution in [3.8, 4) is 0 Å². The smallest absolute Gasteiger partial charge is 0.376 e. The predicted octanol–water partition coefficient (Wildman–Crippen LogP) is 2.74. The molecule has 1 atom stereocenters. The first-order valence-corrected chi connectivity index (χ1v) is 8.23. The van der Waals surface area contributed by atoms with Crippen LogP contribution in [0.1, 0.15) is 22.3 Å². The fourth-order valence-corrected chi connectivity index (χ4v) is 2.97. The summed E-state index contributed by atoms with van der Waals surface area (Å²) in [4.78, 5) is 12.8. The van der Waals surface area contributed by atoms with Gasteiger partial charge < -0.3 is 15.3 Å². The first-order chi connectivity index (χ1) is 12.3. The van der Waals surface area contributed by atoms with Gasteiger partial charge in [-0.25, -0.2) is 0 Å². The number of rotatable bonds is 5. The maximum atomic E-state index is 12.5. The Kier molecular flexibility index (Phi) is 5.29. The fraction of sp³-hybridized carbons (Fsp3) is 0.316. The number of hydrogen-bond donors (Lipinski definition) is 2. The van der Waals surface area contributed by atoms with Gasteiger partial charge in [-0.1, -0.05) is 48.5 Å². The van der Waals surface area contributed by atoms with Crippen LogP contribution < -0.4 is 5.32 Å². The average Bonchev–Trinajstić information content (AvgIpc) is 3.04. The summed E-state index contributed by atoms with van der Waals surface area (Å²) in [5.74, 6) is -1.31. The Balaban J connectivity index is 1.59. The molecule has 0 saturated heterocycles. The summed E-state index contributed by atoms with van der Waals surface area (Å²) in [7, 11) is 0. The Hall–Kier alpha value is -2.38. The second kappa shape index (κ2) is 7.47. The molecule has 0 spiro atoms. The molecule has 7 heteroatoms. The standard InChI is InChI=1S/C19H19F3N2O2/c20-19(21,22)17(25)18(26)24-11-15-7-6-14(8-16(15)12-24)10-23-9-13-4-2-1-3-5-13/h1-8,17,23,25H,9-12H2/t17-/m0/s1. The van der Waals surface area contributed by atoms with E-state index in [1.807, 2.05) is 48.5 Å². The Bertz CT molecular complexity index is 778. The van der Waals surface area contributed by atoms with Gasteiger partial charge in [0.2, 0.25) is 6.10 Å². The SMILES string of the molecule is O=C([C@H](O)C(F)(F)F)N1Cc2ccc(CNCc3ccccc3)cc2C1. The number of benzene rings is 2. The van der Waals surface area contributed by atoms with Crippen molar-refractivity contribution < 1.29 is 23.1 Å². The van der Waals surface area contributed by atoms with Gasteiger partial charge in [0.1, 0.15) is 0 Å². The Morgan fingerprint density at radius 3 is 2.38 bits per heavy atom. The number of aliphatic hydroxyl groups is 1. The molecule has 0 radical (unpaired) electrons. The molecule has 0 saturated carbocycles. The zero-order valence-electron chi connectivity index (χ0n) is 14.0. The molecular formula is C19H19F3N2O2. The number of amides is 1. The molecule has 0 aromatic heterocycles. The first kappa shape index (κ1) is 18.4. The number of halogens is 3. The van der Waals surface area contributed by atoms with E-state index in [0.717, 1.165) is 27.2 Å². The van der Waals surface area contributed by atoms with Gasteiger partial charge in [-0.15, -0.1) is 0 Å². The molecule has 0 unspecified atom stereocenters. The maximum Gasteiger partial charge on any atom is 0.423 e. The molecule has 0 aliphatic carbocycles. The van der Waals surface area contributed by atoms with Crippen molar-refractivity contribution in [2.75, 3.05) is 0 Å². The average molecular weight is 364 g/mol. The van der Waals surface area contributed by atoms with Gasteiger partial charge in [-0.05, 0) is 22.3 Å². The van der Waals surface area contributed by atoms with Gasteiger partial charge in [-0.2, -0.15) is 13.2 Å². The van der Waals surface area contributed by atoms with Gasteiger partial charge in [-0.3, -0.25) is 4.79 Å². The maximum absolute atomic E-state index is 12.5. The third kappa shape index (κ3) is 4.23. The lowest BCUT2D eigenvalue weighted by atomic mass is 10.1. The molecule has 2 N–H and O–H groups in total. The summed E-state index contributed by atoms with van der Waals surface area (Å²) in [6.45, 7) is 1.48. The third-order valence-corrected chi connectivity index (χ3v) is 4.35. The summed E-state index contributed by atoms with van der Waals surface area (Å²) >= 11 is 0. The zero-order chi connectivity index (χ0) is 18.7. The van der Waals surface area contributed by atoms with E-state index in [4.69, 9.17) is 5.11 Å². The van der Waals surface area contributed by atoms with Crippen molar-refractivity contribution in [1.29, 1.82) is 0 Å². The number of aliphatic hydroxyl groups excluding tert-OH is 1. The second-order valence-corrected chi connectivity index (χ2v) is 6.33. The lowest BCUT2D eigenvalue weighted by Gasteiger charge is -2.21. The van der Waals surface area contributed by atoms with Crippen LogP contribution in [0.2, 0.25) is 0 Å². The first-order valence-electron chi connectivity index (χ1n) is 8.23. The number of fused-ring (bicyclic) bond motifs is 1. The van der Waals surface area contributed by atoms with Crippen LogP contribution in [0.3, 0.4) is 0 Å². The molecule has 2 aromatic rings. The van der Waals surface area contributed by atoms with E-state index in [1.54, 1.807) is 0 Å². The van der Waals surface area contributed by atoms with Crippen LogP contribution in [0.15, 0.2) is 48.5 Å². The highest BCUT2D eigenvalue weighted by Crippen LogP contribution is 2.28. The molecule has 26 heavy (non-hydrogen) atoms. The van der Waals surface area contributed by atoms with Crippen molar-refractivity contribution in [3.63, 3.8) is 0 Å². The Morgan fingerprint density at radius 1 is 1.04 bits per heavy atom. The van der Waals surface area contributed by atoms with Gasteiger partial charge in [0.05, 0.1) is 0 Å². The summed E-state index contributed by atoms with van der Waals surface area (Å²) < 4.78 is 37.6. The van der Waals surface area contributed by atoms with Crippen molar-refractivity contribution >= 4 is 5.91 Å². The number of nitrogens with zero attached hydrogens (tertiary/aromatic N) is 1. The van der Waals surface area contributed by atoms with Crippen molar-refractivity contribution in [3.05, 3.63) is 70.8 Å². The lowest BCUT2D eigenvalue weighted by molar-refractivity contribution is -0.211. The highest BCUT2D eigenvalue weighted by molar-refractivity contribution is 5.82. The minimum absolute atomic E-state index is 0.0772. The fourth-order valence-electron chi connectivity index (χ4n) is 2.97. The third-order valence-electron chi connectivity index (χ3n) is 4.35. The molecule has 2 aromatic carbocycles. The normalized spacial score (nSPS) is 15.0. The molecule has 1 heterocycles. The molecule has 0 bridgehead atoms. The van der Waals surface area contributed by atoms with Gasteiger partial charge >= 0.3 is 6.18 Å². The van der Waals surface area contributed by atoms with Crippen molar-refractivity contribution in [2.24, 2.45) is 0 Å². The van der Waals surface area contributed by atoms with Crippen LogP contribution in [-0.4, -0.2) is 28.2 Å². The summed E-state index contributed by atoms with van der Waals surface area (Å²) in [6, 6.07) is 15.5. The van der Waals surface area contributed by atoms with Crippen LogP contribution in [0.25, 0.3) is 0 Å². The van der Waals surface area contributed by atoms with Crippen LogP contribution >= 0.6 is 0 Å². The monoisotopic (exact) mass is 364 g/mol. The summed E-state index contributed by atoms with van der Waals surface area (Å²) in [5.41, 5.74) is 3.77. The molecule has 1 amide bonds. The molecule has 3 rings (SSSR count). The highest BCUT2D eigenvalue weighted by Gasteiger charge is 2.46. The van der Waals surface area contributed by atoms with Crippen molar-refractivity contribution in [1.82, 2.24) is 10.2 Å². The van der Waals surface area contributed by atoms with Crippen molar-refractivity contribution in [2.45, 2.75) is 38.5 Å². The quantitative estimate of drug-likeness (QED) is 0.858. The topological polar surface area (TPSA) is 52.6 Å². The molecule has 138 valence electrons. The minimum Gasteiger partial charge on any atom is -0.376 e. The summed E-state index contributed by atoms with van der Waals surface area (Å²) in [6.07, 6.45) is -7.91. The van der Waals surface area contributed by atoms with E-state index in [9.17, 15) is 18.0 Å². The van der Waals surface area contributed by atoms with Crippen LogP contribution in [0.4, 0.5) is 13.2 Å². The van der Waals surface area contributed by atoms with E-state index in [0.29, 0.717) is 13.1 Å². The molecular weight excluding hydrogens is 345 g/mol. The van der Waals surface area contributed by atoms with Crippen LogP contribution in [-0.2, 0) is 31.0 Å². The minimum atomic E-state index is -4.95. The largest absolute Gasteiger partial charge is 0.423 e.